The number of amides is 1. The highest BCUT2D eigenvalue weighted by Crippen LogP contribution is 2.28. The lowest BCUT2D eigenvalue weighted by Crippen LogP contribution is -2.15. The zero-order valence-corrected chi connectivity index (χ0v) is 13.6. The predicted octanol–water partition coefficient (Wildman–Crippen LogP) is 4.52. The molecule has 0 atom stereocenters. The van der Waals surface area contributed by atoms with Gasteiger partial charge in [-0.1, -0.05) is 31.0 Å². The van der Waals surface area contributed by atoms with Gasteiger partial charge in [-0.15, -0.1) is 0 Å². The normalized spacial score (nSPS) is 15.0. The van der Waals surface area contributed by atoms with Gasteiger partial charge in [-0.3, -0.25) is 4.79 Å². The minimum Gasteiger partial charge on any atom is -0.326 e. The molecule has 24 heavy (non-hydrogen) atoms. The van der Waals surface area contributed by atoms with E-state index in [4.69, 9.17) is 0 Å². The zero-order chi connectivity index (χ0) is 16.4. The molecule has 1 N–H and O–H groups in total. The van der Waals surface area contributed by atoms with Crippen molar-refractivity contribution < 1.29 is 4.79 Å². The summed E-state index contributed by atoms with van der Waals surface area (Å²) in [5.41, 5.74) is 3.68. The number of fused-ring (bicyclic) bond motifs is 1. The topological polar surface area (TPSA) is 46.4 Å². The third kappa shape index (κ3) is 3.18. The molecule has 2 heterocycles. The largest absolute Gasteiger partial charge is 0.326 e. The second-order valence-corrected chi connectivity index (χ2v) is 6.58. The van der Waals surface area contributed by atoms with Crippen LogP contribution >= 0.6 is 0 Å². The fourth-order valence-corrected chi connectivity index (χ4v) is 3.52. The first-order valence-electron chi connectivity index (χ1n) is 8.62. The first kappa shape index (κ1) is 14.9. The minimum atomic E-state index is 0.119. The number of benzene rings is 1. The second-order valence-electron chi connectivity index (χ2n) is 6.58. The summed E-state index contributed by atoms with van der Waals surface area (Å²) in [6, 6.07) is 13.9. The fraction of sp³-hybridized carbons (Fsp3) is 0.300. The van der Waals surface area contributed by atoms with Gasteiger partial charge in [-0.25, -0.2) is 4.98 Å². The van der Waals surface area contributed by atoms with Crippen LogP contribution in [0.4, 0.5) is 5.69 Å². The van der Waals surface area contributed by atoms with Gasteiger partial charge >= 0.3 is 0 Å². The Labute approximate surface area is 141 Å². The summed E-state index contributed by atoms with van der Waals surface area (Å²) in [6.45, 7) is 0. The molecule has 4 rings (SSSR count). The Morgan fingerprint density at radius 2 is 2.04 bits per heavy atom. The molecule has 0 saturated heterocycles. The van der Waals surface area contributed by atoms with Crippen molar-refractivity contribution in [3.8, 4) is 11.3 Å². The summed E-state index contributed by atoms with van der Waals surface area (Å²) >= 11 is 0. The van der Waals surface area contributed by atoms with Gasteiger partial charge in [0.05, 0.1) is 5.69 Å². The minimum absolute atomic E-state index is 0.119. The van der Waals surface area contributed by atoms with Gasteiger partial charge in [-0.2, -0.15) is 0 Å². The maximum Gasteiger partial charge on any atom is 0.224 e. The maximum absolute atomic E-state index is 12.2. The predicted molar refractivity (Wildman–Crippen MR) is 95.8 cm³/mol. The Morgan fingerprint density at radius 1 is 1.17 bits per heavy atom. The highest BCUT2D eigenvalue weighted by atomic mass is 16.1. The zero-order valence-electron chi connectivity index (χ0n) is 13.6. The van der Waals surface area contributed by atoms with E-state index in [1.54, 1.807) is 0 Å². The van der Waals surface area contributed by atoms with Crippen molar-refractivity contribution in [1.29, 1.82) is 0 Å². The number of anilines is 1. The molecular formula is C20H21N3O. The highest BCUT2D eigenvalue weighted by Gasteiger charge is 2.18. The quantitative estimate of drug-likeness (QED) is 0.768. The number of nitrogens with one attached hydrogen (secondary N) is 1. The molecule has 0 radical (unpaired) electrons. The number of carbonyl (C=O) groups is 1. The lowest BCUT2D eigenvalue weighted by atomic mass is 10.0. The van der Waals surface area contributed by atoms with Crippen LogP contribution in [0.3, 0.4) is 0 Å². The van der Waals surface area contributed by atoms with E-state index in [1.165, 1.54) is 25.7 Å². The summed E-state index contributed by atoms with van der Waals surface area (Å²) in [4.78, 5) is 16.9. The number of hydrogen-bond acceptors (Lipinski definition) is 2. The molecule has 1 fully saturated rings. The summed E-state index contributed by atoms with van der Waals surface area (Å²) in [5, 5.41) is 3.04. The smallest absolute Gasteiger partial charge is 0.224 e. The molecule has 1 aliphatic rings. The van der Waals surface area contributed by atoms with Gasteiger partial charge in [0.25, 0.3) is 0 Å². The number of pyridine rings is 1. The van der Waals surface area contributed by atoms with Crippen LogP contribution in [0.15, 0.2) is 54.9 Å². The average molecular weight is 319 g/mol. The van der Waals surface area contributed by atoms with Gasteiger partial charge in [0.2, 0.25) is 5.91 Å². The van der Waals surface area contributed by atoms with Gasteiger partial charge in [0.1, 0.15) is 5.65 Å². The van der Waals surface area contributed by atoms with E-state index in [9.17, 15) is 4.79 Å². The number of carbonyl (C=O) groups excluding carboxylic acids is 1. The van der Waals surface area contributed by atoms with Crippen LogP contribution in [0.1, 0.15) is 32.1 Å². The molecule has 3 aromatic rings. The third-order valence-corrected chi connectivity index (χ3v) is 4.75. The molecular weight excluding hydrogens is 298 g/mol. The second kappa shape index (κ2) is 6.48. The van der Waals surface area contributed by atoms with Crippen LogP contribution in [-0.4, -0.2) is 15.3 Å². The number of aromatic nitrogens is 2. The van der Waals surface area contributed by atoms with Crippen LogP contribution in [0, 0.1) is 5.92 Å². The number of hydrogen-bond donors (Lipinski definition) is 1. The van der Waals surface area contributed by atoms with E-state index in [0.717, 1.165) is 22.6 Å². The molecule has 0 aliphatic heterocycles. The van der Waals surface area contributed by atoms with Crippen molar-refractivity contribution in [2.75, 3.05) is 5.32 Å². The van der Waals surface area contributed by atoms with Crippen LogP contribution < -0.4 is 5.32 Å². The number of nitrogens with zero attached hydrogens (tertiary/aromatic N) is 2. The van der Waals surface area contributed by atoms with Crippen molar-refractivity contribution in [2.45, 2.75) is 32.1 Å². The molecule has 1 aliphatic carbocycles. The van der Waals surface area contributed by atoms with Crippen molar-refractivity contribution in [3.63, 3.8) is 0 Å². The van der Waals surface area contributed by atoms with E-state index in [1.807, 2.05) is 59.3 Å². The highest BCUT2D eigenvalue weighted by molar-refractivity contribution is 5.91. The SMILES string of the molecule is O=C(CC1CCCC1)Nc1cccc(-c2cn3ccccc3n2)c1. The van der Waals surface area contributed by atoms with Crippen molar-refractivity contribution in [3.05, 3.63) is 54.9 Å². The van der Waals surface area contributed by atoms with Crippen LogP contribution in [0.2, 0.25) is 0 Å². The lowest BCUT2D eigenvalue weighted by Gasteiger charge is -2.10. The first-order valence-corrected chi connectivity index (χ1v) is 8.62. The van der Waals surface area contributed by atoms with Gasteiger partial charge in [0.15, 0.2) is 0 Å². The average Bonchev–Trinajstić information content (AvgIpc) is 3.24. The molecule has 0 spiro atoms. The standard InChI is InChI=1S/C20H21N3O/c24-20(12-15-6-1-2-7-15)21-17-9-5-8-16(13-17)18-14-23-11-4-3-10-19(23)22-18/h3-5,8-11,13-15H,1-2,6-7,12H2,(H,21,24). The Kier molecular flexibility index (Phi) is 4.03. The molecule has 4 nitrogen and oxygen atoms in total. The molecule has 122 valence electrons. The van der Waals surface area contributed by atoms with E-state index >= 15 is 0 Å². The van der Waals surface area contributed by atoms with E-state index in [2.05, 4.69) is 10.3 Å². The van der Waals surface area contributed by atoms with E-state index in [-0.39, 0.29) is 5.91 Å². The molecule has 0 unspecified atom stereocenters. The molecule has 2 aromatic heterocycles. The van der Waals surface area contributed by atoms with Crippen LogP contribution in [0.25, 0.3) is 16.9 Å². The molecule has 1 saturated carbocycles. The van der Waals surface area contributed by atoms with Crippen molar-refractivity contribution in [1.82, 2.24) is 9.38 Å². The third-order valence-electron chi connectivity index (χ3n) is 4.75. The van der Waals surface area contributed by atoms with Crippen molar-refractivity contribution >= 4 is 17.2 Å². The Morgan fingerprint density at radius 3 is 2.88 bits per heavy atom. The fourth-order valence-electron chi connectivity index (χ4n) is 3.52. The Hall–Kier alpha value is -2.62. The van der Waals surface area contributed by atoms with E-state index < -0.39 is 0 Å². The Bertz CT molecular complexity index is 829. The molecule has 1 aromatic carbocycles. The summed E-state index contributed by atoms with van der Waals surface area (Å²) < 4.78 is 2.00. The maximum atomic E-state index is 12.2. The number of imidazole rings is 1. The van der Waals surface area contributed by atoms with Gasteiger partial charge in [0, 0.05) is 30.1 Å². The van der Waals surface area contributed by atoms with Crippen LogP contribution in [0.5, 0.6) is 0 Å². The first-order chi connectivity index (χ1) is 11.8. The Balaban J connectivity index is 1.51. The molecule has 4 heteroatoms. The summed E-state index contributed by atoms with van der Waals surface area (Å²) in [6.07, 6.45) is 9.54. The molecule has 1 amide bonds. The van der Waals surface area contributed by atoms with Gasteiger partial charge in [-0.05, 0) is 43.0 Å². The summed E-state index contributed by atoms with van der Waals surface area (Å²) in [7, 11) is 0. The van der Waals surface area contributed by atoms with Crippen LogP contribution in [-0.2, 0) is 4.79 Å². The van der Waals surface area contributed by atoms with E-state index in [0.29, 0.717) is 12.3 Å². The number of rotatable bonds is 4. The lowest BCUT2D eigenvalue weighted by molar-refractivity contribution is -0.117. The summed E-state index contributed by atoms with van der Waals surface area (Å²) in [5.74, 6) is 0.681. The van der Waals surface area contributed by atoms with Crippen molar-refractivity contribution in [2.24, 2.45) is 5.92 Å². The molecule has 0 bridgehead atoms. The monoisotopic (exact) mass is 319 g/mol. The van der Waals surface area contributed by atoms with Gasteiger partial charge < -0.3 is 9.72 Å².